The molecular weight excluding hydrogens is 268 g/mol. The van der Waals surface area contributed by atoms with Gasteiger partial charge in [-0.25, -0.2) is 4.68 Å². The number of hydrogen-bond acceptors (Lipinski definition) is 7. The van der Waals surface area contributed by atoms with Crippen LogP contribution < -0.4 is 5.32 Å². The summed E-state index contributed by atoms with van der Waals surface area (Å²) in [6.07, 6.45) is 0. The van der Waals surface area contributed by atoms with E-state index in [1.54, 1.807) is 13.8 Å². The summed E-state index contributed by atoms with van der Waals surface area (Å²) < 4.78 is 1.39. The highest BCUT2D eigenvalue weighted by Crippen LogP contribution is 2.32. The molecule has 0 saturated heterocycles. The number of anilines is 1. The average molecular weight is 288 g/mol. The molecule has 0 radical (unpaired) electrons. The first-order chi connectivity index (χ1) is 9.31. The molecule has 1 aromatic heterocycles. The van der Waals surface area contributed by atoms with Gasteiger partial charge in [0, 0.05) is 6.04 Å². The van der Waals surface area contributed by atoms with Crippen LogP contribution in [-0.4, -0.2) is 55.4 Å². The highest BCUT2D eigenvalue weighted by atomic mass is 16.6. The zero-order chi connectivity index (χ0) is 15.5. The summed E-state index contributed by atoms with van der Waals surface area (Å²) >= 11 is 0. The van der Waals surface area contributed by atoms with Gasteiger partial charge in [0.15, 0.2) is 0 Å². The third-order valence-corrected chi connectivity index (χ3v) is 3.02. The maximum absolute atomic E-state index is 11.2. The van der Waals surface area contributed by atoms with Crippen molar-refractivity contribution in [3.05, 3.63) is 15.8 Å². The van der Waals surface area contributed by atoms with Crippen LogP contribution in [0.5, 0.6) is 0 Å². The second-order valence-electron chi connectivity index (χ2n) is 4.96. The molecule has 0 amide bonds. The number of nitrogens with zero attached hydrogens (tertiary/aromatic N) is 3. The Morgan fingerprint density at radius 2 is 1.85 bits per heavy atom. The van der Waals surface area contributed by atoms with Gasteiger partial charge in [-0.2, -0.15) is 5.10 Å². The molecule has 114 valence electrons. The largest absolute Gasteiger partial charge is 0.394 e. The summed E-state index contributed by atoms with van der Waals surface area (Å²) in [6, 6.07) is -0.168. The van der Waals surface area contributed by atoms with Gasteiger partial charge in [0.2, 0.25) is 5.82 Å². The molecule has 0 atom stereocenters. The minimum absolute atomic E-state index is 0.0552. The molecule has 20 heavy (non-hydrogen) atoms. The van der Waals surface area contributed by atoms with Crippen LogP contribution >= 0.6 is 0 Å². The molecule has 0 unspecified atom stereocenters. The van der Waals surface area contributed by atoms with Gasteiger partial charge in [-0.15, -0.1) is 0 Å². The van der Waals surface area contributed by atoms with Gasteiger partial charge in [-0.1, -0.05) is 0 Å². The van der Waals surface area contributed by atoms with E-state index < -0.39 is 30.3 Å². The van der Waals surface area contributed by atoms with Gasteiger partial charge >= 0.3 is 5.69 Å². The minimum atomic E-state index is -1.45. The molecule has 0 aliphatic carbocycles. The van der Waals surface area contributed by atoms with Crippen LogP contribution in [0, 0.1) is 17.0 Å². The molecule has 1 aromatic rings. The Balaban J connectivity index is 3.37. The van der Waals surface area contributed by atoms with Crippen molar-refractivity contribution in [3.63, 3.8) is 0 Å². The van der Waals surface area contributed by atoms with Crippen LogP contribution in [0.25, 0.3) is 0 Å². The lowest BCUT2D eigenvalue weighted by molar-refractivity contribution is -0.384. The summed E-state index contributed by atoms with van der Waals surface area (Å²) in [7, 11) is 0. The first kappa shape index (κ1) is 16.3. The van der Waals surface area contributed by atoms with Crippen LogP contribution in [0.3, 0.4) is 0 Å². The van der Waals surface area contributed by atoms with Gasteiger partial charge < -0.3 is 20.6 Å². The van der Waals surface area contributed by atoms with Crippen molar-refractivity contribution in [1.82, 2.24) is 9.78 Å². The monoisotopic (exact) mass is 288 g/mol. The van der Waals surface area contributed by atoms with E-state index in [0.717, 1.165) is 0 Å². The maximum Gasteiger partial charge on any atom is 0.333 e. The highest BCUT2D eigenvalue weighted by molar-refractivity contribution is 5.61. The molecule has 0 bridgehead atoms. The van der Waals surface area contributed by atoms with E-state index in [1.165, 1.54) is 11.6 Å². The molecule has 9 nitrogen and oxygen atoms in total. The standard InChI is InChI=1S/C11H20N4O5/c1-7(2)14-10(9(15(19)20)8(3)13-14)12-11(4-16,5-17)6-18/h7,12,16-18H,4-6H2,1-3H3. The SMILES string of the molecule is Cc1nn(C(C)C)c(NC(CO)(CO)CO)c1[N+](=O)[O-]. The Morgan fingerprint density at radius 1 is 1.35 bits per heavy atom. The van der Waals surface area contributed by atoms with Gasteiger partial charge in [-0.3, -0.25) is 10.1 Å². The molecule has 0 fully saturated rings. The Bertz CT molecular complexity index is 473. The lowest BCUT2D eigenvalue weighted by atomic mass is 10.0. The van der Waals surface area contributed by atoms with Crippen LogP contribution in [0.1, 0.15) is 25.6 Å². The minimum Gasteiger partial charge on any atom is -0.394 e. The molecule has 0 aromatic carbocycles. The second kappa shape index (κ2) is 6.16. The number of nitro groups is 1. The van der Waals surface area contributed by atoms with Crippen molar-refractivity contribution in [2.45, 2.75) is 32.4 Å². The predicted molar refractivity (Wildman–Crippen MR) is 71.6 cm³/mol. The number of nitrogens with one attached hydrogen (secondary N) is 1. The molecule has 0 aliphatic rings. The van der Waals surface area contributed by atoms with E-state index in [9.17, 15) is 25.4 Å². The average Bonchev–Trinajstić information content (AvgIpc) is 2.73. The molecule has 0 spiro atoms. The van der Waals surface area contributed by atoms with Crippen LogP contribution in [0.4, 0.5) is 11.5 Å². The van der Waals surface area contributed by atoms with E-state index in [4.69, 9.17) is 0 Å². The Morgan fingerprint density at radius 3 is 2.20 bits per heavy atom. The Hall–Kier alpha value is -1.71. The third kappa shape index (κ3) is 2.89. The number of rotatable bonds is 7. The molecule has 0 aliphatic heterocycles. The summed E-state index contributed by atoms with van der Waals surface area (Å²) in [5, 5.41) is 45.9. The number of aliphatic hydroxyl groups excluding tert-OH is 3. The van der Waals surface area contributed by atoms with Crippen molar-refractivity contribution >= 4 is 11.5 Å². The first-order valence-electron chi connectivity index (χ1n) is 6.16. The van der Waals surface area contributed by atoms with E-state index in [-0.39, 0.29) is 23.2 Å². The number of aliphatic hydroxyl groups is 3. The van der Waals surface area contributed by atoms with E-state index in [2.05, 4.69) is 10.4 Å². The van der Waals surface area contributed by atoms with Gasteiger partial charge in [0.1, 0.15) is 11.2 Å². The second-order valence-corrected chi connectivity index (χ2v) is 4.96. The van der Waals surface area contributed by atoms with E-state index in [1.807, 2.05) is 0 Å². The lowest BCUT2D eigenvalue weighted by Gasteiger charge is -2.29. The summed E-state index contributed by atoms with van der Waals surface area (Å²) in [6.45, 7) is 3.33. The summed E-state index contributed by atoms with van der Waals surface area (Å²) in [4.78, 5) is 10.6. The van der Waals surface area contributed by atoms with Crippen molar-refractivity contribution in [2.24, 2.45) is 0 Å². The van der Waals surface area contributed by atoms with Crippen molar-refractivity contribution in [3.8, 4) is 0 Å². The van der Waals surface area contributed by atoms with E-state index >= 15 is 0 Å². The topological polar surface area (TPSA) is 134 Å². The van der Waals surface area contributed by atoms with Gasteiger partial charge in [-0.05, 0) is 20.8 Å². The molecule has 1 rings (SSSR count). The Kier molecular flexibility index (Phi) is 5.03. The fraction of sp³-hybridized carbons (Fsp3) is 0.727. The first-order valence-corrected chi connectivity index (χ1v) is 6.16. The number of hydrogen-bond donors (Lipinski definition) is 4. The van der Waals surface area contributed by atoms with Crippen LogP contribution in [0.15, 0.2) is 0 Å². The zero-order valence-corrected chi connectivity index (χ0v) is 11.7. The van der Waals surface area contributed by atoms with Crippen molar-refractivity contribution in [1.29, 1.82) is 0 Å². The smallest absolute Gasteiger partial charge is 0.333 e. The third-order valence-electron chi connectivity index (χ3n) is 3.02. The summed E-state index contributed by atoms with van der Waals surface area (Å²) in [5.74, 6) is 0.0552. The molecule has 1 heterocycles. The number of aromatic nitrogens is 2. The number of aryl methyl sites for hydroxylation is 1. The fourth-order valence-electron chi connectivity index (χ4n) is 1.77. The lowest BCUT2D eigenvalue weighted by Crippen LogP contribution is -2.49. The quantitative estimate of drug-likeness (QED) is 0.403. The van der Waals surface area contributed by atoms with Crippen molar-refractivity contribution in [2.75, 3.05) is 25.1 Å². The van der Waals surface area contributed by atoms with Crippen LogP contribution in [0.2, 0.25) is 0 Å². The van der Waals surface area contributed by atoms with Crippen LogP contribution in [-0.2, 0) is 0 Å². The molecule has 0 saturated carbocycles. The normalized spacial score (nSPS) is 11.9. The van der Waals surface area contributed by atoms with Gasteiger partial charge in [0.05, 0.1) is 24.7 Å². The molecule has 4 N–H and O–H groups in total. The zero-order valence-electron chi connectivity index (χ0n) is 11.7. The predicted octanol–water partition coefficient (Wildman–Crippen LogP) is -0.192. The van der Waals surface area contributed by atoms with E-state index in [0.29, 0.717) is 0 Å². The fourth-order valence-corrected chi connectivity index (χ4v) is 1.77. The summed E-state index contributed by atoms with van der Waals surface area (Å²) in [5.41, 5.74) is -1.48. The van der Waals surface area contributed by atoms with Crippen molar-refractivity contribution < 1.29 is 20.2 Å². The molecule has 9 heteroatoms. The molecular formula is C11H20N4O5. The maximum atomic E-state index is 11.2. The Labute approximate surface area is 116 Å². The highest BCUT2D eigenvalue weighted by Gasteiger charge is 2.35. The van der Waals surface area contributed by atoms with Gasteiger partial charge in [0.25, 0.3) is 0 Å².